The monoisotopic (exact) mass is 285 g/mol. The maximum atomic E-state index is 12.3. The molecule has 6 nitrogen and oxygen atoms in total. The number of hydrogen-bond acceptors (Lipinski definition) is 4. The number of rotatable bonds is 4. The van der Waals surface area contributed by atoms with Gasteiger partial charge in [-0.1, -0.05) is 0 Å². The van der Waals surface area contributed by atoms with Crippen LogP contribution in [0, 0.1) is 0 Å². The van der Waals surface area contributed by atoms with Gasteiger partial charge in [0.2, 0.25) is 10.0 Å². The van der Waals surface area contributed by atoms with Crippen LogP contribution in [0.4, 0.5) is 0 Å². The topological polar surface area (TPSA) is 75.4 Å². The molecule has 0 spiro atoms. The van der Waals surface area contributed by atoms with Crippen molar-refractivity contribution in [1.29, 1.82) is 0 Å². The Morgan fingerprint density at radius 2 is 2.16 bits per heavy atom. The molecule has 0 bridgehead atoms. The fraction of sp³-hybridized carbons (Fsp3) is 0.750. The van der Waals surface area contributed by atoms with Crippen LogP contribution in [0.1, 0.15) is 24.8 Å². The normalized spacial score (nSPS) is 28.9. The van der Waals surface area contributed by atoms with E-state index in [4.69, 9.17) is 0 Å². The zero-order chi connectivity index (χ0) is 13.6. The van der Waals surface area contributed by atoms with Gasteiger partial charge >= 0.3 is 0 Å². The molecule has 0 amide bonds. The van der Waals surface area contributed by atoms with E-state index in [0.29, 0.717) is 19.4 Å². The molecule has 1 aliphatic heterocycles. The molecule has 1 saturated heterocycles. The van der Waals surface area contributed by atoms with Gasteiger partial charge in [0.05, 0.1) is 23.6 Å². The second-order valence-electron chi connectivity index (χ2n) is 5.50. The molecular formula is C12H19N3O3S. The van der Waals surface area contributed by atoms with Gasteiger partial charge in [-0.25, -0.2) is 8.42 Å². The van der Waals surface area contributed by atoms with E-state index in [1.165, 1.54) is 4.31 Å². The Kier molecular flexibility index (Phi) is 3.15. The summed E-state index contributed by atoms with van der Waals surface area (Å²) in [6.45, 7) is 0.435. The van der Waals surface area contributed by atoms with Crippen molar-refractivity contribution in [2.75, 3.05) is 6.54 Å². The highest BCUT2D eigenvalue weighted by Crippen LogP contribution is 2.35. The van der Waals surface area contributed by atoms with Crippen LogP contribution in [0.2, 0.25) is 0 Å². The third kappa shape index (κ3) is 2.42. The van der Waals surface area contributed by atoms with Crippen molar-refractivity contribution in [2.24, 2.45) is 7.05 Å². The first kappa shape index (κ1) is 13.1. The van der Waals surface area contributed by atoms with Crippen molar-refractivity contribution < 1.29 is 13.5 Å². The standard InChI is InChI=1S/C12H19N3O3S/c1-14-8-9(7-13-14)6-11-12(16)4-5-15(11)19(17,18)10-2-3-10/h7-8,10-12,16H,2-6H2,1H3/t11-,12+/m1/s1. The minimum atomic E-state index is -3.21. The molecule has 106 valence electrons. The molecule has 1 aliphatic carbocycles. The molecule has 19 heavy (non-hydrogen) atoms. The van der Waals surface area contributed by atoms with Crippen LogP contribution >= 0.6 is 0 Å². The Balaban J connectivity index is 1.80. The van der Waals surface area contributed by atoms with Crippen LogP contribution < -0.4 is 0 Å². The lowest BCUT2D eigenvalue weighted by molar-refractivity contribution is 0.142. The van der Waals surface area contributed by atoms with Gasteiger partial charge in [0.1, 0.15) is 0 Å². The summed E-state index contributed by atoms with van der Waals surface area (Å²) in [7, 11) is -1.39. The average molecular weight is 285 g/mol. The summed E-state index contributed by atoms with van der Waals surface area (Å²) in [6, 6.07) is -0.338. The number of aromatic nitrogens is 2. The van der Waals surface area contributed by atoms with Crippen LogP contribution in [-0.2, 0) is 23.5 Å². The molecule has 3 rings (SSSR count). The Morgan fingerprint density at radius 1 is 1.42 bits per heavy atom. The van der Waals surface area contributed by atoms with E-state index in [1.54, 1.807) is 10.9 Å². The summed E-state index contributed by atoms with van der Waals surface area (Å²) in [5, 5.41) is 13.9. The quantitative estimate of drug-likeness (QED) is 0.837. The largest absolute Gasteiger partial charge is 0.391 e. The van der Waals surface area contributed by atoms with Crippen LogP contribution in [0.25, 0.3) is 0 Å². The van der Waals surface area contributed by atoms with Crippen molar-refractivity contribution in [3.63, 3.8) is 0 Å². The Morgan fingerprint density at radius 3 is 2.74 bits per heavy atom. The van der Waals surface area contributed by atoms with E-state index >= 15 is 0 Å². The Hall–Kier alpha value is -0.920. The SMILES string of the molecule is Cn1cc(C[C@@H]2[C@@H](O)CCN2S(=O)(=O)C2CC2)cn1. The Labute approximate surface area is 113 Å². The fourth-order valence-corrected chi connectivity index (χ4v) is 4.81. The van der Waals surface area contributed by atoms with Crippen LogP contribution in [0.15, 0.2) is 12.4 Å². The Bertz CT molecular complexity index is 565. The molecule has 1 aromatic rings. The van der Waals surface area contributed by atoms with E-state index in [2.05, 4.69) is 5.10 Å². The molecule has 2 aliphatic rings. The van der Waals surface area contributed by atoms with Crippen molar-refractivity contribution in [2.45, 2.75) is 43.1 Å². The molecule has 0 unspecified atom stereocenters. The van der Waals surface area contributed by atoms with Crippen LogP contribution in [0.3, 0.4) is 0 Å². The lowest BCUT2D eigenvalue weighted by atomic mass is 10.1. The van der Waals surface area contributed by atoms with Crippen molar-refractivity contribution >= 4 is 10.0 Å². The molecule has 2 atom stereocenters. The highest BCUT2D eigenvalue weighted by molar-refractivity contribution is 7.90. The predicted octanol–water partition coefficient (Wildman–Crippen LogP) is -0.110. The zero-order valence-electron chi connectivity index (χ0n) is 10.9. The minimum absolute atomic E-state index is 0.214. The number of sulfonamides is 1. The summed E-state index contributed by atoms with van der Waals surface area (Å²) in [5.74, 6) is 0. The van der Waals surface area contributed by atoms with Gasteiger partial charge in [0.25, 0.3) is 0 Å². The summed E-state index contributed by atoms with van der Waals surface area (Å²) < 4.78 is 27.9. The first-order valence-electron chi connectivity index (χ1n) is 6.65. The lowest BCUT2D eigenvalue weighted by Gasteiger charge is -2.25. The second-order valence-corrected chi connectivity index (χ2v) is 7.67. The number of aliphatic hydroxyl groups excluding tert-OH is 1. The highest BCUT2D eigenvalue weighted by Gasteiger charge is 2.47. The molecule has 1 aromatic heterocycles. The average Bonchev–Trinajstić information content (AvgIpc) is 3.05. The molecular weight excluding hydrogens is 266 g/mol. The van der Waals surface area contributed by atoms with Crippen molar-refractivity contribution in [3.8, 4) is 0 Å². The van der Waals surface area contributed by atoms with E-state index in [1.807, 2.05) is 13.2 Å². The van der Waals surface area contributed by atoms with Gasteiger partial charge in [-0.15, -0.1) is 0 Å². The first-order chi connectivity index (χ1) is 8.98. The zero-order valence-corrected chi connectivity index (χ0v) is 11.8. The maximum absolute atomic E-state index is 12.3. The molecule has 1 N–H and O–H groups in total. The fourth-order valence-electron chi connectivity index (χ4n) is 2.74. The summed E-state index contributed by atoms with van der Waals surface area (Å²) in [5.41, 5.74) is 0.962. The van der Waals surface area contributed by atoms with Gasteiger partial charge in [0, 0.05) is 19.8 Å². The number of aryl methyl sites for hydroxylation is 1. The van der Waals surface area contributed by atoms with Crippen molar-refractivity contribution in [1.82, 2.24) is 14.1 Å². The number of hydrogen-bond donors (Lipinski definition) is 1. The number of nitrogens with zero attached hydrogens (tertiary/aromatic N) is 3. The predicted molar refractivity (Wildman–Crippen MR) is 70.0 cm³/mol. The summed E-state index contributed by atoms with van der Waals surface area (Å²) in [6.07, 6.45) is 5.59. The lowest BCUT2D eigenvalue weighted by Crippen LogP contribution is -2.42. The van der Waals surface area contributed by atoms with E-state index in [0.717, 1.165) is 18.4 Å². The van der Waals surface area contributed by atoms with Gasteiger partial charge < -0.3 is 5.11 Å². The number of aliphatic hydroxyl groups is 1. The van der Waals surface area contributed by atoms with E-state index in [-0.39, 0.29) is 11.3 Å². The third-order valence-electron chi connectivity index (χ3n) is 3.93. The van der Waals surface area contributed by atoms with Gasteiger partial charge in [0.15, 0.2) is 0 Å². The van der Waals surface area contributed by atoms with Crippen molar-refractivity contribution in [3.05, 3.63) is 18.0 Å². The molecule has 1 saturated carbocycles. The first-order valence-corrected chi connectivity index (χ1v) is 8.15. The van der Waals surface area contributed by atoms with E-state index < -0.39 is 16.1 Å². The third-order valence-corrected chi connectivity index (χ3v) is 6.36. The van der Waals surface area contributed by atoms with Crippen LogP contribution in [0.5, 0.6) is 0 Å². The molecule has 0 aromatic carbocycles. The molecule has 0 radical (unpaired) electrons. The minimum Gasteiger partial charge on any atom is -0.391 e. The summed E-state index contributed by atoms with van der Waals surface area (Å²) in [4.78, 5) is 0. The highest BCUT2D eigenvalue weighted by atomic mass is 32.2. The van der Waals surface area contributed by atoms with E-state index in [9.17, 15) is 13.5 Å². The van der Waals surface area contributed by atoms with Gasteiger partial charge in [-0.05, 0) is 31.2 Å². The second kappa shape index (κ2) is 4.57. The summed E-state index contributed by atoms with van der Waals surface area (Å²) >= 11 is 0. The molecule has 2 fully saturated rings. The van der Waals surface area contributed by atoms with Crippen LogP contribution in [-0.4, -0.2) is 51.6 Å². The molecule has 2 heterocycles. The smallest absolute Gasteiger partial charge is 0.217 e. The van der Waals surface area contributed by atoms with Gasteiger partial charge in [-0.2, -0.15) is 9.40 Å². The van der Waals surface area contributed by atoms with Gasteiger partial charge in [-0.3, -0.25) is 4.68 Å². The maximum Gasteiger partial charge on any atom is 0.217 e. The molecule has 7 heteroatoms.